The summed E-state index contributed by atoms with van der Waals surface area (Å²) in [5, 5.41) is 8.52. The van der Waals surface area contributed by atoms with Gasteiger partial charge in [-0.25, -0.2) is 0 Å². The molecule has 0 aliphatic carbocycles. The van der Waals surface area contributed by atoms with Gasteiger partial charge in [0.05, 0.1) is 11.3 Å². The van der Waals surface area contributed by atoms with E-state index in [1.54, 1.807) is 0 Å². The molecule has 0 radical (unpaired) electrons. The van der Waals surface area contributed by atoms with Crippen LogP contribution in [0.3, 0.4) is 0 Å². The smallest absolute Gasteiger partial charge is 0.307 e. The normalized spacial score (nSPS) is 11.3. The first-order valence-electron chi connectivity index (χ1n) is 3.88. The van der Waals surface area contributed by atoms with Crippen molar-refractivity contribution < 1.29 is 22.9 Å². The fourth-order valence-electron chi connectivity index (χ4n) is 1.06. The molecule has 1 aromatic carbocycles. The van der Waals surface area contributed by atoms with E-state index in [4.69, 9.17) is 15.4 Å². The largest absolute Gasteiger partial charge is 0.481 e. The summed E-state index contributed by atoms with van der Waals surface area (Å²) in [6.07, 6.45) is -0.394. The minimum absolute atomic E-state index is 0.151. The van der Waals surface area contributed by atoms with Crippen LogP contribution in [0, 0.1) is 0 Å². The van der Waals surface area contributed by atoms with Gasteiger partial charge in [-0.15, -0.1) is 0 Å². The van der Waals surface area contributed by atoms with E-state index in [0.29, 0.717) is 0 Å². The van der Waals surface area contributed by atoms with Gasteiger partial charge in [-0.05, 0) is 23.8 Å². The molecule has 0 amide bonds. The third-order valence-electron chi connectivity index (χ3n) is 1.75. The summed E-state index contributed by atoms with van der Waals surface area (Å²) in [6, 6.07) is 3.39. The van der Waals surface area contributed by atoms with Crippen molar-refractivity contribution in [3.63, 3.8) is 0 Å². The van der Waals surface area contributed by atoms with Gasteiger partial charge in [-0.1, -0.05) is 0 Å². The molecule has 0 atom stereocenters. The third-order valence-corrected chi connectivity index (χ3v) is 2.60. The first-order valence-corrected chi connectivity index (χ1v) is 5.32. The summed E-state index contributed by atoms with van der Waals surface area (Å²) in [6.45, 7) is 0. The SMILES string of the molecule is Nc1ccc(S(=O)(=O)O)cc1CC(=O)O. The minimum atomic E-state index is -4.33. The van der Waals surface area contributed by atoms with Crippen LogP contribution in [0.15, 0.2) is 23.1 Å². The average Bonchev–Trinajstić information content (AvgIpc) is 2.06. The third kappa shape index (κ3) is 2.93. The number of carboxylic acid groups (broad SMARTS) is 1. The maximum atomic E-state index is 10.7. The molecule has 0 bridgehead atoms. The summed E-state index contributed by atoms with van der Waals surface area (Å²) in [5.74, 6) is -1.13. The lowest BCUT2D eigenvalue weighted by Gasteiger charge is -2.04. The zero-order chi connectivity index (χ0) is 11.6. The van der Waals surface area contributed by atoms with Crippen LogP contribution in [0.4, 0.5) is 5.69 Å². The van der Waals surface area contributed by atoms with Crippen molar-refractivity contribution in [1.82, 2.24) is 0 Å². The molecule has 0 unspecified atom stereocenters. The summed E-state index contributed by atoms with van der Waals surface area (Å²) in [7, 11) is -4.33. The molecule has 6 nitrogen and oxygen atoms in total. The average molecular weight is 231 g/mol. The monoisotopic (exact) mass is 231 g/mol. The van der Waals surface area contributed by atoms with Crippen molar-refractivity contribution in [2.75, 3.05) is 5.73 Å². The number of hydrogen-bond donors (Lipinski definition) is 3. The molecule has 0 heterocycles. The Morgan fingerprint density at radius 2 is 2.00 bits per heavy atom. The lowest BCUT2D eigenvalue weighted by Crippen LogP contribution is -2.06. The van der Waals surface area contributed by atoms with E-state index < -0.39 is 22.5 Å². The molecule has 4 N–H and O–H groups in total. The lowest BCUT2D eigenvalue weighted by molar-refractivity contribution is -0.136. The Morgan fingerprint density at radius 3 is 2.47 bits per heavy atom. The number of carboxylic acids is 1. The Balaban J connectivity index is 3.23. The fourth-order valence-corrected chi connectivity index (χ4v) is 1.59. The van der Waals surface area contributed by atoms with Crippen molar-refractivity contribution >= 4 is 21.8 Å². The lowest BCUT2D eigenvalue weighted by atomic mass is 10.1. The van der Waals surface area contributed by atoms with Gasteiger partial charge in [0, 0.05) is 5.69 Å². The van der Waals surface area contributed by atoms with E-state index in [2.05, 4.69) is 0 Å². The highest BCUT2D eigenvalue weighted by Gasteiger charge is 2.13. The van der Waals surface area contributed by atoms with Crippen LogP contribution in [-0.2, 0) is 21.3 Å². The predicted molar refractivity (Wildman–Crippen MR) is 52.0 cm³/mol. The van der Waals surface area contributed by atoms with Crippen LogP contribution in [0.5, 0.6) is 0 Å². The quantitative estimate of drug-likeness (QED) is 0.503. The molecule has 0 aliphatic rings. The molecule has 0 aromatic heterocycles. The van der Waals surface area contributed by atoms with Crippen LogP contribution < -0.4 is 5.73 Å². The van der Waals surface area contributed by atoms with Crippen LogP contribution in [0.25, 0.3) is 0 Å². The molecule has 1 aromatic rings. The zero-order valence-electron chi connectivity index (χ0n) is 7.54. The predicted octanol–water partition coefficient (Wildman–Crippen LogP) is 0.143. The summed E-state index contributed by atoms with van der Waals surface area (Å²) in [4.78, 5) is 10.0. The molecule has 0 fully saturated rings. The molecule has 1 rings (SSSR count). The van der Waals surface area contributed by atoms with Crippen LogP contribution in [0.1, 0.15) is 5.56 Å². The maximum Gasteiger partial charge on any atom is 0.307 e. The van der Waals surface area contributed by atoms with Gasteiger partial charge >= 0.3 is 5.97 Å². The van der Waals surface area contributed by atoms with E-state index in [-0.39, 0.29) is 16.1 Å². The van der Waals surface area contributed by atoms with E-state index in [1.165, 1.54) is 6.07 Å². The number of anilines is 1. The number of rotatable bonds is 3. The highest BCUT2D eigenvalue weighted by molar-refractivity contribution is 7.85. The zero-order valence-corrected chi connectivity index (χ0v) is 8.36. The fraction of sp³-hybridized carbons (Fsp3) is 0.125. The second-order valence-electron chi connectivity index (χ2n) is 2.91. The Bertz CT molecular complexity index is 494. The minimum Gasteiger partial charge on any atom is -0.481 e. The van der Waals surface area contributed by atoms with Crippen LogP contribution in [-0.4, -0.2) is 24.0 Å². The molecular weight excluding hydrogens is 222 g/mol. The molecule has 0 spiro atoms. The Morgan fingerprint density at radius 1 is 1.40 bits per heavy atom. The number of aliphatic carboxylic acids is 1. The van der Waals surface area contributed by atoms with Crippen LogP contribution in [0.2, 0.25) is 0 Å². The Kier molecular flexibility index (Phi) is 2.96. The summed E-state index contributed by atoms with van der Waals surface area (Å²) >= 11 is 0. The van der Waals surface area contributed by atoms with Gasteiger partial charge < -0.3 is 10.8 Å². The molecule has 15 heavy (non-hydrogen) atoms. The molecule has 0 saturated heterocycles. The van der Waals surface area contributed by atoms with Gasteiger partial charge in [-0.3, -0.25) is 9.35 Å². The molecule has 0 aliphatic heterocycles. The standard InChI is InChI=1S/C8H9NO5S/c9-7-2-1-6(15(12,13)14)3-5(7)4-8(10)11/h1-3H,4,9H2,(H,10,11)(H,12,13,14). The first kappa shape index (κ1) is 11.5. The number of carbonyl (C=O) groups is 1. The van der Waals surface area contributed by atoms with Crippen molar-refractivity contribution in [1.29, 1.82) is 0 Å². The topological polar surface area (TPSA) is 118 Å². The Labute approximate surface area is 86.1 Å². The van der Waals surface area contributed by atoms with Gasteiger partial charge in [0.15, 0.2) is 0 Å². The van der Waals surface area contributed by atoms with Crippen LogP contribution >= 0.6 is 0 Å². The summed E-state index contributed by atoms with van der Waals surface area (Å²) < 4.78 is 30.2. The molecular formula is C8H9NO5S. The maximum absolute atomic E-state index is 10.7. The number of hydrogen-bond acceptors (Lipinski definition) is 4. The number of nitrogens with two attached hydrogens (primary N) is 1. The second-order valence-corrected chi connectivity index (χ2v) is 4.33. The van der Waals surface area contributed by atoms with Gasteiger partial charge in [-0.2, -0.15) is 8.42 Å². The molecule has 7 heteroatoms. The number of nitrogen functional groups attached to an aromatic ring is 1. The highest BCUT2D eigenvalue weighted by Crippen LogP contribution is 2.18. The van der Waals surface area contributed by atoms with E-state index in [0.717, 1.165) is 12.1 Å². The van der Waals surface area contributed by atoms with Gasteiger partial charge in [0.1, 0.15) is 0 Å². The van der Waals surface area contributed by atoms with Crippen molar-refractivity contribution in [2.45, 2.75) is 11.3 Å². The van der Waals surface area contributed by atoms with Crippen molar-refractivity contribution in [3.05, 3.63) is 23.8 Å². The van der Waals surface area contributed by atoms with Gasteiger partial charge in [0.25, 0.3) is 10.1 Å². The van der Waals surface area contributed by atoms with E-state index >= 15 is 0 Å². The molecule has 0 saturated carbocycles. The second kappa shape index (κ2) is 3.87. The van der Waals surface area contributed by atoms with E-state index in [9.17, 15) is 13.2 Å². The first-order chi connectivity index (χ1) is 6.80. The summed E-state index contributed by atoms with van der Waals surface area (Å²) in [5.41, 5.74) is 5.76. The van der Waals surface area contributed by atoms with Crippen molar-refractivity contribution in [2.24, 2.45) is 0 Å². The molecule has 82 valence electrons. The van der Waals surface area contributed by atoms with Crippen molar-refractivity contribution in [3.8, 4) is 0 Å². The van der Waals surface area contributed by atoms with Gasteiger partial charge in [0.2, 0.25) is 0 Å². The van der Waals surface area contributed by atoms with E-state index in [1.807, 2.05) is 0 Å². The number of benzene rings is 1. The Hall–Kier alpha value is -1.60. The highest BCUT2D eigenvalue weighted by atomic mass is 32.2.